The van der Waals surface area contributed by atoms with Gasteiger partial charge < -0.3 is 15.2 Å². The van der Waals surface area contributed by atoms with E-state index in [2.05, 4.69) is 5.32 Å². The second-order valence-electron chi connectivity index (χ2n) is 2.98. The van der Waals surface area contributed by atoms with Crippen LogP contribution in [0.5, 0.6) is 0 Å². The number of rotatable bonds is 4. The number of amides is 1. The van der Waals surface area contributed by atoms with Crippen LogP contribution in [-0.4, -0.2) is 18.4 Å². The van der Waals surface area contributed by atoms with Gasteiger partial charge in [0.15, 0.2) is 0 Å². The van der Waals surface area contributed by atoms with Gasteiger partial charge in [0.05, 0.1) is 12.5 Å². The molecule has 0 aromatic heterocycles. The van der Waals surface area contributed by atoms with Gasteiger partial charge in [0.2, 0.25) is 5.91 Å². The number of nitrogens with one attached hydrogen (secondary N) is 1. The predicted octanol–water partition coefficient (Wildman–Crippen LogP) is 0.219. The number of halogens is 1. The molecular weight excluding hydrogens is 230 g/mol. The van der Waals surface area contributed by atoms with Crippen molar-refractivity contribution < 1.29 is 14.7 Å². The summed E-state index contributed by atoms with van der Waals surface area (Å²) in [6.07, 6.45) is 2.77. The third-order valence-electron chi connectivity index (χ3n) is 1.68. The molecule has 0 bridgehead atoms. The molecule has 1 amide bonds. The summed E-state index contributed by atoms with van der Waals surface area (Å²) in [4.78, 5) is 21.1. The zero-order chi connectivity index (χ0) is 12.0. The molecule has 0 radical (unpaired) electrons. The van der Waals surface area contributed by atoms with Gasteiger partial charge in [0, 0.05) is 11.1 Å². The molecule has 0 saturated carbocycles. The summed E-state index contributed by atoms with van der Waals surface area (Å²) in [7, 11) is 0. The van der Waals surface area contributed by atoms with Crippen molar-refractivity contribution in [1.82, 2.24) is 5.32 Å². The van der Waals surface area contributed by atoms with Crippen LogP contribution in [-0.2, 0) is 9.59 Å². The summed E-state index contributed by atoms with van der Waals surface area (Å²) in [5.41, 5.74) is 0.760. The first-order valence-electron chi connectivity index (χ1n) is 4.49. The first-order chi connectivity index (χ1) is 7.58. The van der Waals surface area contributed by atoms with Gasteiger partial charge in [-0.05, 0) is 23.8 Å². The fraction of sp³-hybridized carbons (Fsp3) is 0.0909. The molecule has 0 atom stereocenters. The van der Waals surface area contributed by atoms with E-state index in [1.807, 2.05) is 0 Å². The highest BCUT2D eigenvalue weighted by atomic mass is 35.5. The van der Waals surface area contributed by atoms with Gasteiger partial charge in [-0.15, -0.1) is 0 Å². The van der Waals surface area contributed by atoms with Crippen LogP contribution in [0.2, 0.25) is 5.02 Å². The number of carboxylic acids is 1. The molecule has 0 unspecified atom stereocenters. The summed E-state index contributed by atoms with van der Waals surface area (Å²) in [5, 5.41) is 12.8. The monoisotopic (exact) mass is 238 g/mol. The summed E-state index contributed by atoms with van der Waals surface area (Å²) < 4.78 is 0. The number of carbonyl (C=O) groups excluding carboxylic acids is 2. The topological polar surface area (TPSA) is 69.2 Å². The second-order valence-corrected chi connectivity index (χ2v) is 3.41. The normalized spacial score (nSPS) is 10.3. The van der Waals surface area contributed by atoms with Crippen molar-refractivity contribution in [2.24, 2.45) is 0 Å². The highest BCUT2D eigenvalue weighted by molar-refractivity contribution is 6.30. The predicted molar refractivity (Wildman–Crippen MR) is 58.5 cm³/mol. The summed E-state index contributed by atoms with van der Waals surface area (Å²) >= 11 is 5.74. The fourth-order valence-electron chi connectivity index (χ4n) is 1.00. The molecule has 0 aliphatic rings. The van der Waals surface area contributed by atoms with Crippen LogP contribution in [0.3, 0.4) is 0 Å². The Morgan fingerprint density at radius 3 is 2.81 bits per heavy atom. The first kappa shape index (κ1) is 12.3. The van der Waals surface area contributed by atoms with Crippen LogP contribution in [0, 0.1) is 0 Å². The van der Waals surface area contributed by atoms with Crippen molar-refractivity contribution in [2.75, 3.05) is 6.54 Å². The third-order valence-corrected chi connectivity index (χ3v) is 1.92. The van der Waals surface area contributed by atoms with E-state index in [4.69, 9.17) is 11.6 Å². The maximum Gasteiger partial charge on any atom is 0.244 e. The number of benzene rings is 1. The Hall–Kier alpha value is -1.81. The Kier molecular flexibility index (Phi) is 4.54. The van der Waals surface area contributed by atoms with Crippen LogP contribution in [0.15, 0.2) is 30.3 Å². The molecule has 4 nitrogen and oxygen atoms in total. The lowest BCUT2D eigenvalue weighted by Gasteiger charge is -2.01. The van der Waals surface area contributed by atoms with Crippen molar-refractivity contribution in [2.45, 2.75) is 0 Å². The van der Waals surface area contributed by atoms with E-state index in [9.17, 15) is 14.7 Å². The van der Waals surface area contributed by atoms with E-state index in [0.717, 1.165) is 5.56 Å². The van der Waals surface area contributed by atoms with Crippen molar-refractivity contribution in [3.8, 4) is 0 Å². The number of hydrogen-bond acceptors (Lipinski definition) is 3. The Bertz CT molecular complexity index is 429. The lowest BCUT2D eigenvalue weighted by atomic mass is 10.2. The molecule has 0 saturated heterocycles. The van der Waals surface area contributed by atoms with Gasteiger partial charge in [-0.2, -0.15) is 0 Å². The maximum absolute atomic E-state index is 11.1. The average Bonchev–Trinajstić information content (AvgIpc) is 2.23. The minimum atomic E-state index is -1.33. The lowest BCUT2D eigenvalue weighted by Crippen LogP contribution is -2.36. The highest BCUT2D eigenvalue weighted by Gasteiger charge is 1.94. The minimum absolute atomic E-state index is 0.496. The van der Waals surface area contributed by atoms with Gasteiger partial charge in [-0.3, -0.25) is 4.79 Å². The molecule has 5 heteroatoms. The van der Waals surface area contributed by atoms with Crippen LogP contribution in [0.4, 0.5) is 0 Å². The van der Waals surface area contributed by atoms with E-state index in [1.165, 1.54) is 12.2 Å². The van der Waals surface area contributed by atoms with Gasteiger partial charge in [0.25, 0.3) is 0 Å². The van der Waals surface area contributed by atoms with Crippen molar-refractivity contribution in [3.63, 3.8) is 0 Å². The van der Waals surface area contributed by atoms with Gasteiger partial charge >= 0.3 is 0 Å². The summed E-state index contributed by atoms with van der Waals surface area (Å²) in [6, 6.07) is 6.93. The molecule has 0 aliphatic carbocycles. The number of carboxylic acid groups (broad SMARTS) is 1. The zero-order valence-electron chi connectivity index (χ0n) is 8.27. The Labute approximate surface area is 97.5 Å². The summed E-state index contributed by atoms with van der Waals surface area (Å²) in [6.45, 7) is -0.501. The molecule has 1 aromatic rings. The van der Waals surface area contributed by atoms with Gasteiger partial charge in [-0.25, -0.2) is 0 Å². The smallest absolute Gasteiger partial charge is 0.244 e. The molecule has 1 N–H and O–H groups in total. The van der Waals surface area contributed by atoms with Crippen LogP contribution in [0.25, 0.3) is 6.08 Å². The zero-order valence-corrected chi connectivity index (χ0v) is 9.03. The van der Waals surface area contributed by atoms with Gasteiger partial charge in [0.1, 0.15) is 0 Å². The summed E-state index contributed by atoms with van der Waals surface area (Å²) in [5.74, 6) is -1.83. The molecule has 1 rings (SSSR count). The van der Waals surface area contributed by atoms with Crippen LogP contribution in [0.1, 0.15) is 5.56 Å². The van der Waals surface area contributed by atoms with Crippen LogP contribution >= 0.6 is 11.6 Å². The van der Waals surface area contributed by atoms with E-state index < -0.39 is 18.4 Å². The van der Waals surface area contributed by atoms with Crippen molar-refractivity contribution in [1.29, 1.82) is 0 Å². The number of hydrogen-bond donors (Lipinski definition) is 1. The quantitative estimate of drug-likeness (QED) is 0.763. The maximum atomic E-state index is 11.1. The van der Waals surface area contributed by atoms with E-state index in [0.29, 0.717) is 5.02 Å². The Morgan fingerprint density at radius 1 is 1.44 bits per heavy atom. The SMILES string of the molecule is O=C([O-])CNC(=O)/C=C/c1cccc(Cl)c1. The second kappa shape index (κ2) is 5.92. The molecule has 16 heavy (non-hydrogen) atoms. The standard InChI is InChI=1S/C11H10ClNO3/c12-9-3-1-2-8(6-9)4-5-10(14)13-7-11(15)16/h1-6H,7H2,(H,13,14)(H,15,16)/p-1/b5-4+. The Morgan fingerprint density at radius 2 is 2.19 bits per heavy atom. The van der Waals surface area contributed by atoms with Gasteiger partial charge in [-0.1, -0.05) is 23.7 Å². The third kappa shape index (κ3) is 4.61. The fourth-order valence-corrected chi connectivity index (χ4v) is 1.20. The molecule has 0 heterocycles. The molecule has 0 fully saturated rings. The van der Waals surface area contributed by atoms with E-state index in [1.54, 1.807) is 24.3 Å². The van der Waals surface area contributed by atoms with E-state index in [-0.39, 0.29) is 0 Å². The first-order valence-corrected chi connectivity index (χ1v) is 4.87. The largest absolute Gasteiger partial charge is 0.548 e. The average molecular weight is 239 g/mol. The lowest BCUT2D eigenvalue weighted by molar-refractivity contribution is -0.303. The van der Waals surface area contributed by atoms with Crippen molar-refractivity contribution in [3.05, 3.63) is 40.9 Å². The molecule has 0 aliphatic heterocycles. The molecule has 84 valence electrons. The number of aliphatic carboxylic acids is 1. The molecule has 0 spiro atoms. The van der Waals surface area contributed by atoms with Crippen molar-refractivity contribution >= 4 is 29.6 Å². The van der Waals surface area contributed by atoms with Crippen LogP contribution < -0.4 is 10.4 Å². The molecular formula is C11H9ClNO3-. The number of carbonyl (C=O) groups is 2. The van der Waals surface area contributed by atoms with E-state index >= 15 is 0 Å². The minimum Gasteiger partial charge on any atom is -0.548 e. The molecule has 1 aromatic carbocycles. The highest BCUT2D eigenvalue weighted by Crippen LogP contribution is 2.11. The Balaban J connectivity index is 2.53.